The number of hydrogen-bond acceptors (Lipinski definition) is 3. The summed E-state index contributed by atoms with van der Waals surface area (Å²) in [5.41, 5.74) is 11.1. The van der Waals surface area contributed by atoms with Crippen LogP contribution in [-0.4, -0.2) is 20.6 Å². The number of aromatic amines is 1. The van der Waals surface area contributed by atoms with Gasteiger partial charge >= 0.3 is 0 Å². The Bertz CT molecular complexity index is 1390. The minimum absolute atomic E-state index is 0.334. The van der Waals surface area contributed by atoms with Gasteiger partial charge in [0.2, 0.25) is 5.82 Å². The first-order valence-electron chi connectivity index (χ1n) is 10.1. The molecule has 4 nitrogen and oxygen atoms in total. The van der Waals surface area contributed by atoms with Gasteiger partial charge in [-0.3, -0.25) is 0 Å². The van der Waals surface area contributed by atoms with Crippen molar-refractivity contribution in [1.29, 1.82) is 0 Å². The van der Waals surface area contributed by atoms with E-state index in [1.807, 2.05) is 0 Å². The molecule has 1 aromatic heterocycles. The maximum absolute atomic E-state index is 4.22. The summed E-state index contributed by atoms with van der Waals surface area (Å²) < 4.78 is 0. The van der Waals surface area contributed by atoms with Crippen molar-refractivity contribution in [2.75, 3.05) is 0 Å². The van der Waals surface area contributed by atoms with Crippen LogP contribution < -0.4 is 0 Å². The van der Waals surface area contributed by atoms with E-state index in [1.54, 1.807) is 0 Å². The third-order valence-electron chi connectivity index (χ3n) is 6.60. The molecule has 0 fully saturated rings. The second kappa shape index (κ2) is 5.51. The average molecular weight is 384 g/mol. The lowest BCUT2D eigenvalue weighted by molar-refractivity contribution is 0.794. The fraction of sp³-hybridized carbons (Fsp3) is 0.0385. The lowest BCUT2D eigenvalue weighted by Gasteiger charge is -2.30. The molecule has 0 bridgehead atoms. The molecular weight excluding hydrogens is 368 g/mol. The van der Waals surface area contributed by atoms with Gasteiger partial charge in [0.15, 0.2) is 0 Å². The Balaban J connectivity index is 1.67. The van der Waals surface area contributed by atoms with Gasteiger partial charge in [-0.1, -0.05) is 84.9 Å². The Morgan fingerprint density at radius 2 is 1.10 bits per heavy atom. The van der Waals surface area contributed by atoms with Crippen molar-refractivity contribution >= 4 is 0 Å². The minimum atomic E-state index is -0.334. The van der Waals surface area contributed by atoms with E-state index >= 15 is 0 Å². The zero-order valence-corrected chi connectivity index (χ0v) is 16.0. The molecule has 5 aromatic rings. The summed E-state index contributed by atoms with van der Waals surface area (Å²) in [6.07, 6.45) is 0. The lowest BCUT2D eigenvalue weighted by Crippen LogP contribution is -2.25. The molecule has 0 amide bonds. The van der Waals surface area contributed by atoms with E-state index in [0.29, 0.717) is 5.82 Å². The van der Waals surface area contributed by atoms with Gasteiger partial charge in [0.25, 0.3) is 0 Å². The summed E-state index contributed by atoms with van der Waals surface area (Å²) in [5, 5.41) is 14.8. The standard InChI is InChI=1S/C26H16N4/c1-4-10-21-17(7-1)18-8-2-5-11-22(18)26(21)23-12-6-3-9-19(23)20-14-13-16(15-24(20)26)25-27-29-30-28-25/h1-15H,(H,27,28,29,30). The average Bonchev–Trinajstić information content (AvgIpc) is 3.51. The van der Waals surface area contributed by atoms with Gasteiger partial charge in [0.05, 0.1) is 5.41 Å². The number of rotatable bonds is 1. The number of nitrogens with zero attached hydrogens (tertiary/aromatic N) is 3. The minimum Gasteiger partial charge on any atom is -0.177 e. The summed E-state index contributed by atoms with van der Waals surface area (Å²) in [6, 6.07) is 32.9. The molecule has 0 saturated carbocycles. The summed E-state index contributed by atoms with van der Waals surface area (Å²) in [7, 11) is 0. The summed E-state index contributed by atoms with van der Waals surface area (Å²) in [6.45, 7) is 0. The van der Waals surface area contributed by atoms with Crippen LogP contribution in [0.5, 0.6) is 0 Å². The molecule has 2 aliphatic carbocycles. The predicted molar refractivity (Wildman–Crippen MR) is 116 cm³/mol. The fourth-order valence-electron chi connectivity index (χ4n) is 5.52. The van der Waals surface area contributed by atoms with Crippen LogP contribution in [0.4, 0.5) is 0 Å². The Hall–Kier alpha value is -4.05. The second-order valence-electron chi connectivity index (χ2n) is 7.88. The summed E-state index contributed by atoms with van der Waals surface area (Å²) in [4.78, 5) is 0. The molecule has 2 aliphatic rings. The molecule has 0 saturated heterocycles. The van der Waals surface area contributed by atoms with Crippen LogP contribution in [-0.2, 0) is 5.41 Å². The zero-order valence-electron chi connectivity index (χ0n) is 16.0. The van der Waals surface area contributed by atoms with E-state index < -0.39 is 0 Å². The normalized spacial score (nSPS) is 14.3. The number of hydrogen-bond donors (Lipinski definition) is 1. The fourth-order valence-corrected chi connectivity index (χ4v) is 5.52. The molecule has 30 heavy (non-hydrogen) atoms. The Morgan fingerprint density at radius 1 is 0.567 bits per heavy atom. The van der Waals surface area contributed by atoms with Gasteiger partial charge in [0, 0.05) is 5.56 Å². The molecule has 0 radical (unpaired) electrons. The van der Waals surface area contributed by atoms with E-state index in [2.05, 4.69) is 112 Å². The lowest BCUT2D eigenvalue weighted by atomic mass is 9.70. The van der Waals surface area contributed by atoms with Gasteiger partial charge in [-0.25, -0.2) is 0 Å². The SMILES string of the molecule is c1ccc2c(c1)-c1ccccc1C21c2ccccc2-c2ccc(-c3nn[nH]n3)cc21. The van der Waals surface area contributed by atoms with E-state index in [4.69, 9.17) is 0 Å². The topological polar surface area (TPSA) is 54.5 Å². The first-order chi connectivity index (χ1) is 14.9. The van der Waals surface area contributed by atoms with Crippen LogP contribution in [0.3, 0.4) is 0 Å². The second-order valence-corrected chi connectivity index (χ2v) is 7.88. The number of aromatic nitrogens is 4. The maximum atomic E-state index is 4.22. The van der Waals surface area contributed by atoms with Crippen LogP contribution in [0.25, 0.3) is 33.6 Å². The number of nitrogens with one attached hydrogen (secondary N) is 1. The van der Waals surface area contributed by atoms with Crippen molar-refractivity contribution in [3.8, 4) is 33.6 Å². The van der Waals surface area contributed by atoms with E-state index in [1.165, 1.54) is 44.5 Å². The first kappa shape index (κ1) is 15.8. The van der Waals surface area contributed by atoms with Crippen molar-refractivity contribution in [3.05, 3.63) is 113 Å². The van der Waals surface area contributed by atoms with Crippen molar-refractivity contribution < 1.29 is 0 Å². The third kappa shape index (κ3) is 1.75. The van der Waals surface area contributed by atoms with Crippen LogP contribution in [0.1, 0.15) is 22.3 Å². The Labute approximate surface area is 173 Å². The highest BCUT2D eigenvalue weighted by Crippen LogP contribution is 2.62. The van der Waals surface area contributed by atoms with Crippen LogP contribution in [0, 0.1) is 0 Å². The number of tetrazole rings is 1. The van der Waals surface area contributed by atoms with E-state index in [9.17, 15) is 0 Å². The molecular formula is C26H16N4. The van der Waals surface area contributed by atoms with Crippen LogP contribution in [0.15, 0.2) is 91.0 Å². The molecule has 4 aromatic carbocycles. The molecule has 7 rings (SSSR count). The third-order valence-corrected chi connectivity index (χ3v) is 6.60. The first-order valence-corrected chi connectivity index (χ1v) is 10.1. The van der Waals surface area contributed by atoms with Crippen LogP contribution in [0.2, 0.25) is 0 Å². The highest BCUT2D eigenvalue weighted by Gasteiger charge is 2.51. The van der Waals surface area contributed by atoms with Crippen LogP contribution >= 0.6 is 0 Å². The molecule has 0 unspecified atom stereocenters. The van der Waals surface area contributed by atoms with Gasteiger partial charge < -0.3 is 0 Å². The molecule has 1 spiro atoms. The van der Waals surface area contributed by atoms with Crippen molar-refractivity contribution in [2.24, 2.45) is 0 Å². The van der Waals surface area contributed by atoms with Gasteiger partial charge in [-0.15, -0.1) is 10.2 Å². The van der Waals surface area contributed by atoms with Crippen molar-refractivity contribution in [1.82, 2.24) is 20.6 Å². The highest BCUT2D eigenvalue weighted by atomic mass is 15.5. The number of H-pyrrole nitrogens is 1. The van der Waals surface area contributed by atoms with Gasteiger partial charge in [0.1, 0.15) is 0 Å². The Kier molecular flexibility index (Phi) is 2.91. The van der Waals surface area contributed by atoms with Gasteiger partial charge in [-0.2, -0.15) is 5.21 Å². The largest absolute Gasteiger partial charge is 0.204 e. The Morgan fingerprint density at radius 3 is 1.63 bits per heavy atom. The molecule has 1 heterocycles. The molecule has 4 heteroatoms. The predicted octanol–water partition coefficient (Wildman–Crippen LogP) is 5.21. The van der Waals surface area contributed by atoms with Gasteiger partial charge in [-0.05, 0) is 55.8 Å². The van der Waals surface area contributed by atoms with Crippen molar-refractivity contribution in [3.63, 3.8) is 0 Å². The maximum Gasteiger partial charge on any atom is 0.204 e. The smallest absolute Gasteiger partial charge is 0.177 e. The molecule has 140 valence electrons. The summed E-state index contributed by atoms with van der Waals surface area (Å²) in [5.74, 6) is 0.614. The van der Waals surface area contributed by atoms with Crippen molar-refractivity contribution in [2.45, 2.75) is 5.41 Å². The monoisotopic (exact) mass is 384 g/mol. The quantitative estimate of drug-likeness (QED) is 0.423. The van der Waals surface area contributed by atoms with E-state index in [-0.39, 0.29) is 5.41 Å². The summed E-state index contributed by atoms with van der Waals surface area (Å²) >= 11 is 0. The highest BCUT2D eigenvalue weighted by molar-refractivity contribution is 5.95. The zero-order chi connectivity index (χ0) is 19.7. The molecule has 1 N–H and O–H groups in total. The number of fused-ring (bicyclic) bond motifs is 10. The molecule has 0 atom stereocenters. The van der Waals surface area contributed by atoms with E-state index in [0.717, 1.165) is 5.56 Å². The number of benzene rings is 4. The molecule has 0 aliphatic heterocycles.